The van der Waals surface area contributed by atoms with Crippen molar-refractivity contribution in [1.29, 1.82) is 0 Å². The lowest BCUT2D eigenvalue weighted by atomic mass is 9.73. The molecular formula is C55H74N12O9. The summed E-state index contributed by atoms with van der Waals surface area (Å²) in [4.78, 5) is 121. The van der Waals surface area contributed by atoms with E-state index in [-0.39, 0.29) is 76.3 Å². The smallest absolute Gasteiger partial charge is 0.246 e. The van der Waals surface area contributed by atoms with Crippen molar-refractivity contribution >= 4 is 64.1 Å². The summed E-state index contributed by atoms with van der Waals surface area (Å²) in [5.74, 6) is -5.07. The van der Waals surface area contributed by atoms with Crippen molar-refractivity contribution in [2.45, 2.75) is 145 Å². The maximum absolute atomic E-state index is 15.3. The number of methoxy groups -OCH3 is 1. The van der Waals surface area contributed by atoms with Gasteiger partial charge in [0.2, 0.25) is 47.3 Å². The van der Waals surface area contributed by atoms with Crippen LogP contribution in [0.5, 0.6) is 5.75 Å². The Balaban J connectivity index is 1.40. The van der Waals surface area contributed by atoms with Gasteiger partial charge in [0.25, 0.3) is 0 Å². The number of benzene rings is 3. The summed E-state index contributed by atoms with van der Waals surface area (Å²) in [5, 5.41) is 20.7. The van der Waals surface area contributed by atoms with Crippen molar-refractivity contribution in [1.82, 2.24) is 42.2 Å². The molecule has 0 unspecified atom stereocenters. The van der Waals surface area contributed by atoms with E-state index in [1.54, 1.807) is 43.6 Å². The van der Waals surface area contributed by atoms with Crippen molar-refractivity contribution in [3.63, 3.8) is 0 Å². The number of carbonyl (C=O) groups excluding carboxylic acids is 8. The molecule has 6 rings (SSSR count). The van der Waals surface area contributed by atoms with Crippen LogP contribution in [0.3, 0.4) is 0 Å². The summed E-state index contributed by atoms with van der Waals surface area (Å²) in [6.07, 6.45) is 4.49. The molecule has 1 saturated heterocycles. The van der Waals surface area contributed by atoms with Gasteiger partial charge in [0.15, 0.2) is 5.96 Å². The van der Waals surface area contributed by atoms with Crippen LogP contribution in [-0.4, -0.2) is 114 Å². The van der Waals surface area contributed by atoms with Gasteiger partial charge in [-0.3, -0.25) is 43.3 Å². The van der Waals surface area contributed by atoms with E-state index in [2.05, 4.69) is 47.2 Å². The number of nitrogens with zero attached hydrogens (tertiary/aromatic N) is 1. The SMILES string of the molecule is CCCCC(=O)N[C@H]1CC(=O)NCCCC[C@@H](C(N)=O)NC(=O)[C@H](Cc2c[nH]c3ccccc23)NC(=O)[C@H](CCCN=C(N)N)NC(=O)[C@@H](Cc2ccccc2)NC(=O)C2(CCC(c3cccc(OC)c3)CC2)NC1=O. The number of nitrogens with two attached hydrogens (primary N) is 3. The molecule has 4 aromatic rings. The Morgan fingerprint density at radius 2 is 1.46 bits per heavy atom. The Morgan fingerprint density at radius 1 is 0.763 bits per heavy atom. The molecule has 1 spiro atoms. The lowest BCUT2D eigenvalue weighted by molar-refractivity contribution is -0.140. The number of aromatic nitrogens is 1. The summed E-state index contributed by atoms with van der Waals surface area (Å²) >= 11 is 0. The van der Waals surface area contributed by atoms with Crippen molar-refractivity contribution in [3.05, 3.63) is 102 Å². The highest BCUT2D eigenvalue weighted by molar-refractivity contribution is 6.00. The number of carbonyl (C=O) groups is 8. The van der Waals surface area contributed by atoms with Crippen LogP contribution in [0.4, 0.5) is 0 Å². The van der Waals surface area contributed by atoms with Crippen LogP contribution in [0.25, 0.3) is 10.9 Å². The predicted molar refractivity (Wildman–Crippen MR) is 287 cm³/mol. The highest BCUT2D eigenvalue weighted by Gasteiger charge is 2.46. The van der Waals surface area contributed by atoms with Gasteiger partial charge in [-0.1, -0.05) is 74.0 Å². The van der Waals surface area contributed by atoms with Crippen molar-refractivity contribution < 1.29 is 43.1 Å². The first-order valence-electron chi connectivity index (χ1n) is 26.3. The maximum atomic E-state index is 15.3. The van der Waals surface area contributed by atoms with Crippen LogP contribution in [0.15, 0.2) is 90.1 Å². The second-order valence-electron chi connectivity index (χ2n) is 19.7. The Labute approximate surface area is 442 Å². The van der Waals surface area contributed by atoms with Gasteiger partial charge in [-0.15, -0.1) is 0 Å². The lowest BCUT2D eigenvalue weighted by Crippen LogP contribution is -2.66. The Kier molecular flexibility index (Phi) is 21.2. The molecule has 1 aliphatic carbocycles. The van der Waals surface area contributed by atoms with E-state index in [9.17, 15) is 33.6 Å². The topological polar surface area (TPSA) is 336 Å². The highest BCUT2D eigenvalue weighted by atomic mass is 16.5. The number of para-hydroxylation sites is 1. The van der Waals surface area contributed by atoms with Crippen LogP contribution in [0.2, 0.25) is 0 Å². The third kappa shape index (κ3) is 16.5. The second-order valence-corrected chi connectivity index (χ2v) is 19.7. The van der Waals surface area contributed by atoms with E-state index >= 15 is 4.79 Å². The Bertz CT molecular complexity index is 2680. The third-order valence-electron chi connectivity index (χ3n) is 14.1. The summed E-state index contributed by atoms with van der Waals surface area (Å²) in [6.45, 7) is 2.12. The highest BCUT2D eigenvalue weighted by Crippen LogP contribution is 2.39. The van der Waals surface area contributed by atoms with E-state index in [4.69, 9.17) is 21.9 Å². The number of fused-ring (bicyclic) bond motifs is 1. The lowest BCUT2D eigenvalue weighted by Gasteiger charge is -2.41. The molecule has 0 radical (unpaired) electrons. The van der Waals surface area contributed by atoms with E-state index in [1.807, 2.05) is 55.5 Å². The van der Waals surface area contributed by atoms with Crippen molar-refractivity contribution in [2.24, 2.45) is 22.2 Å². The zero-order valence-corrected chi connectivity index (χ0v) is 43.4. The first kappa shape index (κ1) is 57.3. The van der Waals surface area contributed by atoms with E-state index in [1.165, 1.54) is 0 Å². The molecule has 2 fully saturated rings. The molecule has 3 aromatic carbocycles. The number of nitrogens with one attached hydrogen (secondary N) is 8. The summed E-state index contributed by atoms with van der Waals surface area (Å²) in [7, 11) is 1.58. The molecule has 1 aromatic heterocycles. The molecule has 1 saturated carbocycles. The number of ether oxygens (including phenoxy) is 1. The van der Waals surface area contributed by atoms with Gasteiger partial charge in [0.05, 0.1) is 13.5 Å². The van der Waals surface area contributed by atoms with Crippen molar-refractivity contribution in [2.75, 3.05) is 20.2 Å². The van der Waals surface area contributed by atoms with E-state index < -0.39 is 89.4 Å². The zero-order valence-electron chi connectivity index (χ0n) is 43.4. The number of hydrogen-bond acceptors (Lipinski definition) is 10. The molecule has 2 aliphatic rings. The molecule has 2 heterocycles. The molecular weight excluding hydrogens is 973 g/mol. The first-order valence-corrected chi connectivity index (χ1v) is 26.3. The van der Waals surface area contributed by atoms with Gasteiger partial charge in [-0.2, -0.15) is 0 Å². The Hall–Kier alpha value is -7.97. The average Bonchev–Trinajstić information content (AvgIpc) is 3.83. The minimum absolute atomic E-state index is 0.0184. The third-order valence-corrected chi connectivity index (χ3v) is 14.1. The van der Waals surface area contributed by atoms with Gasteiger partial charge >= 0.3 is 0 Å². The van der Waals surface area contributed by atoms with Crippen LogP contribution >= 0.6 is 0 Å². The standard InChI is InChI=1S/C55H74N12O9/c1-3-4-22-46(68)62-45-32-47(69)59-27-11-10-20-41(48(56)70)63-51(73)44(31-37-33-61-40-19-9-8-18-39(37)40)65-49(71)42(21-13-28-60-54(57)58)64-50(72)43(29-34-14-6-5-7-15-34)66-53(75)55(67-52(45)74)25-23-35(24-26-55)36-16-12-17-38(30-36)76-2/h5-9,12,14-19,30,33,35,41-45,61H,3-4,10-11,13,20-29,31-32H2,1-2H3,(H2,56,70)(H,59,69)(H,62,68)(H,63,73)(H,64,72)(H,65,71)(H,66,75)(H,67,74)(H4,57,58,60)/t35?,41-,42-,43+,44-,45-,55?/m0/s1. The fourth-order valence-corrected chi connectivity index (χ4v) is 9.80. The number of aromatic amines is 1. The van der Waals surface area contributed by atoms with Crippen LogP contribution in [0.1, 0.15) is 113 Å². The molecule has 0 bridgehead atoms. The predicted octanol–water partition coefficient (Wildman–Crippen LogP) is 2.02. The fourth-order valence-electron chi connectivity index (χ4n) is 9.80. The van der Waals surface area contributed by atoms with Gasteiger partial charge in [0.1, 0.15) is 41.5 Å². The van der Waals surface area contributed by atoms with Crippen molar-refractivity contribution in [3.8, 4) is 5.75 Å². The molecule has 408 valence electrons. The number of guanidine groups is 1. The molecule has 5 atom stereocenters. The molecule has 1 aliphatic heterocycles. The number of rotatable bonds is 15. The molecule has 14 N–H and O–H groups in total. The zero-order chi connectivity index (χ0) is 54.6. The number of H-pyrrole nitrogens is 1. The molecule has 21 heteroatoms. The molecule has 76 heavy (non-hydrogen) atoms. The van der Waals surface area contributed by atoms with Crippen LogP contribution in [-0.2, 0) is 51.2 Å². The maximum Gasteiger partial charge on any atom is 0.246 e. The monoisotopic (exact) mass is 1050 g/mol. The average molecular weight is 1050 g/mol. The number of unbranched alkanes of at least 4 members (excludes halogenated alkanes) is 1. The normalized spacial score (nSPS) is 23.7. The molecule has 8 amide bonds. The van der Waals surface area contributed by atoms with E-state index in [0.717, 1.165) is 16.5 Å². The summed E-state index contributed by atoms with van der Waals surface area (Å²) in [5.41, 5.74) is 18.5. The quantitative estimate of drug-likeness (QED) is 0.0465. The fraction of sp³-hybridized carbons (Fsp3) is 0.473. The second kappa shape index (κ2) is 28.1. The van der Waals surface area contributed by atoms with Gasteiger partial charge in [-0.05, 0) is 105 Å². The molecule has 21 nitrogen and oxygen atoms in total. The minimum atomic E-state index is -1.64. The number of hydrogen-bond donors (Lipinski definition) is 11. The number of amides is 8. The largest absolute Gasteiger partial charge is 0.497 e. The summed E-state index contributed by atoms with van der Waals surface area (Å²) < 4.78 is 5.50. The Morgan fingerprint density at radius 3 is 2.18 bits per heavy atom. The van der Waals surface area contributed by atoms with Gasteiger partial charge in [0, 0.05) is 49.5 Å². The van der Waals surface area contributed by atoms with Crippen LogP contribution in [0, 0.1) is 0 Å². The first-order chi connectivity index (χ1) is 36.6. The minimum Gasteiger partial charge on any atom is -0.497 e. The number of primary amides is 1. The van der Waals surface area contributed by atoms with Gasteiger partial charge < -0.3 is 64.1 Å². The number of aliphatic imine (C=N–C) groups is 1. The van der Waals surface area contributed by atoms with E-state index in [0.29, 0.717) is 55.4 Å². The summed E-state index contributed by atoms with van der Waals surface area (Å²) in [6, 6.07) is 17.4. The van der Waals surface area contributed by atoms with Gasteiger partial charge in [-0.25, -0.2) is 0 Å². The van der Waals surface area contributed by atoms with Crippen LogP contribution < -0.4 is 59.2 Å².